The molecule has 1 amide bonds. The summed E-state index contributed by atoms with van der Waals surface area (Å²) in [6, 6.07) is 5.70. The summed E-state index contributed by atoms with van der Waals surface area (Å²) in [7, 11) is 0. The number of amides is 1. The van der Waals surface area contributed by atoms with Gasteiger partial charge in [0.05, 0.1) is 0 Å². The van der Waals surface area contributed by atoms with Crippen molar-refractivity contribution < 1.29 is 23.5 Å². The molecule has 0 radical (unpaired) electrons. The Morgan fingerprint density at radius 1 is 1.13 bits per heavy atom. The molecule has 0 aliphatic rings. The van der Waals surface area contributed by atoms with E-state index in [2.05, 4.69) is 5.32 Å². The van der Waals surface area contributed by atoms with E-state index in [1.54, 1.807) is 57.4 Å². The lowest BCUT2D eigenvalue weighted by Crippen LogP contribution is -2.45. The molecule has 0 unspecified atom stereocenters. The van der Waals surface area contributed by atoms with Crippen molar-refractivity contribution in [3.8, 4) is 5.69 Å². The van der Waals surface area contributed by atoms with Crippen LogP contribution in [0.1, 0.15) is 55.0 Å². The van der Waals surface area contributed by atoms with Gasteiger partial charge in [-0.2, -0.15) is 0 Å². The van der Waals surface area contributed by atoms with Gasteiger partial charge in [-0.1, -0.05) is 26.8 Å². The van der Waals surface area contributed by atoms with E-state index >= 15 is 0 Å². The fraction of sp³-hybridized carbons (Fsp3) is 0.435. The number of esters is 1. The highest BCUT2D eigenvalue weighted by Crippen LogP contribution is 2.23. The van der Waals surface area contributed by atoms with E-state index in [1.165, 1.54) is 13.0 Å². The third kappa shape index (κ3) is 5.14. The molecular formula is C23H29FN2O4. The fourth-order valence-corrected chi connectivity index (χ4v) is 2.97. The first-order valence-electron chi connectivity index (χ1n) is 9.79. The van der Waals surface area contributed by atoms with Crippen LogP contribution in [0.15, 0.2) is 24.3 Å². The summed E-state index contributed by atoms with van der Waals surface area (Å²) < 4.78 is 20.9. The van der Waals surface area contributed by atoms with Crippen LogP contribution in [-0.4, -0.2) is 34.9 Å². The highest BCUT2D eigenvalue weighted by Gasteiger charge is 2.26. The van der Waals surface area contributed by atoms with Crippen LogP contribution in [0.3, 0.4) is 0 Å². The van der Waals surface area contributed by atoms with E-state index in [1.807, 2.05) is 6.92 Å². The molecule has 1 aromatic heterocycles. The van der Waals surface area contributed by atoms with Gasteiger partial charge in [-0.15, -0.1) is 0 Å². The second-order valence-electron chi connectivity index (χ2n) is 8.53. The van der Waals surface area contributed by atoms with Crippen molar-refractivity contribution in [2.24, 2.45) is 5.41 Å². The SMILES string of the molecule is Cc1ccc(-n2c(C)cc(C(=O)COC(=O)[C@@H](C)NC(=O)C(C)(C)C)c2C)cc1F. The largest absolute Gasteiger partial charge is 0.456 e. The van der Waals surface area contributed by atoms with Crippen LogP contribution in [0, 0.1) is 32.0 Å². The molecular weight excluding hydrogens is 387 g/mol. The Balaban J connectivity index is 2.10. The zero-order valence-corrected chi connectivity index (χ0v) is 18.6. The standard InChI is InChI=1S/C23H29FN2O4/c1-13-8-9-17(11-19(13)24)26-14(2)10-18(16(26)4)20(27)12-30-21(28)15(3)25-22(29)23(5,6)7/h8-11,15H,12H2,1-7H3,(H,25,29)/t15-/m1/s1. The van der Waals surface area contributed by atoms with Gasteiger partial charge in [-0.05, 0) is 51.5 Å². The molecule has 1 aromatic carbocycles. The molecule has 1 heterocycles. The van der Waals surface area contributed by atoms with Crippen molar-refractivity contribution in [1.82, 2.24) is 9.88 Å². The molecule has 0 bridgehead atoms. The van der Waals surface area contributed by atoms with Crippen LogP contribution in [-0.2, 0) is 14.3 Å². The van der Waals surface area contributed by atoms with Crippen molar-refractivity contribution in [2.75, 3.05) is 6.61 Å². The zero-order chi connectivity index (χ0) is 22.8. The number of ketones is 1. The monoisotopic (exact) mass is 416 g/mol. The second kappa shape index (κ2) is 8.81. The topological polar surface area (TPSA) is 77.4 Å². The lowest BCUT2D eigenvalue weighted by Gasteiger charge is -2.20. The Kier molecular flexibility index (Phi) is 6.85. The number of aromatic nitrogens is 1. The Morgan fingerprint density at radius 2 is 1.77 bits per heavy atom. The molecule has 0 aliphatic heterocycles. The average molecular weight is 416 g/mol. The number of halogens is 1. The summed E-state index contributed by atoms with van der Waals surface area (Å²) in [5.41, 5.74) is 2.30. The second-order valence-corrected chi connectivity index (χ2v) is 8.53. The van der Waals surface area contributed by atoms with Crippen molar-refractivity contribution >= 4 is 17.7 Å². The number of carbonyl (C=O) groups is 3. The number of hydrogen-bond acceptors (Lipinski definition) is 4. The minimum absolute atomic E-state index is 0.285. The molecule has 0 saturated carbocycles. The van der Waals surface area contributed by atoms with Crippen molar-refractivity contribution in [2.45, 2.75) is 54.5 Å². The maximum Gasteiger partial charge on any atom is 0.328 e. The molecule has 2 aromatic rings. The van der Waals surface area contributed by atoms with Gasteiger partial charge in [0.15, 0.2) is 6.61 Å². The summed E-state index contributed by atoms with van der Waals surface area (Å²) in [5, 5.41) is 2.57. The quantitative estimate of drug-likeness (QED) is 0.574. The van der Waals surface area contributed by atoms with Gasteiger partial charge >= 0.3 is 5.97 Å². The van der Waals surface area contributed by atoms with Crippen molar-refractivity contribution in [3.05, 3.63) is 52.6 Å². The van der Waals surface area contributed by atoms with Gasteiger partial charge in [0.25, 0.3) is 0 Å². The number of nitrogens with one attached hydrogen (secondary N) is 1. The number of hydrogen-bond donors (Lipinski definition) is 1. The molecule has 1 atom stereocenters. The van der Waals surface area contributed by atoms with E-state index < -0.39 is 24.0 Å². The predicted octanol–water partition coefficient (Wildman–Crippen LogP) is 3.82. The summed E-state index contributed by atoms with van der Waals surface area (Å²) >= 11 is 0. The molecule has 7 heteroatoms. The smallest absolute Gasteiger partial charge is 0.328 e. The predicted molar refractivity (Wildman–Crippen MR) is 112 cm³/mol. The molecule has 0 saturated heterocycles. The van der Waals surface area contributed by atoms with Gasteiger partial charge in [0, 0.05) is 28.1 Å². The summed E-state index contributed by atoms with van der Waals surface area (Å²) in [6.07, 6.45) is 0. The molecule has 0 fully saturated rings. The first-order valence-corrected chi connectivity index (χ1v) is 9.79. The van der Waals surface area contributed by atoms with E-state index in [9.17, 15) is 18.8 Å². The van der Waals surface area contributed by atoms with Crippen LogP contribution in [0.2, 0.25) is 0 Å². The molecule has 0 spiro atoms. The minimum Gasteiger partial charge on any atom is -0.456 e. The maximum absolute atomic E-state index is 14.0. The normalized spacial score (nSPS) is 12.4. The number of rotatable bonds is 6. The van der Waals surface area contributed by atoms with E-state index in [4.69, 9.17) is 4.74 Å². The molecule has 0 aliphatic carbocycles. The highest BCUT2D eigenvalue weighted by atomic mass is 19.1. The van der Waals surface area contributed by atoms with E-state index in [0.717, 1.165) is 5.69 Å². The number of aryl methyl sites for hydroxylation is 2. The number of Topliss-reactive ketones (excluding diaryl/α,β-unsaturated/α-hetero) is 1. The maximum atomic E-state index is 14.0. The van der Waals surface area contributed by atoms with Gasteiger partial charge in [-0.25, -0.2) is 9.18 Å². The molecule has 2 rings (SSSR count). The van der Waals surface area contributed by atoms with Gasteiger partial charge in [-0.3, -0.25) is 9.59 Å². The van der Waals surface area contributed by atoms with Crippen LogP contribution in [0.5, 0.6) is 0 Å². The number of carbonyl (C=O) groups excluding carboxylic acids is 3. The third-order valence-electron chi connectivity index (χ3n) is 4.87. The summed E-state index contributed by atoms with van der Waals surface area (Å²) in [6.45, 7) is 11.5. The van der Waals surface area contributed by atoms with E-state index in [0.29, 0.717) is 22.5 Å². The first kappa shape index (κ1) is 23.3. The van der Waals surface area contributed by atoms with Gasteiger partial charge in [0.1, 0.15) is 11.9 Å². The number of benzene rings is 1. The van der Waals surface area contributed by atoms with Crippen LogP contribution >= 0.6 is 0 Å². The van der Waals surface area contributed by atoms with Gasteiger partial charge < -0.3 is 14.6 Å². The molecule has 30 heavy (non-hydrogen) atoms. The Morgan fingerprint density at radius 3 is 2.33 bits per heavy atom. The lowest BCUT2D eigenvalue weighted by atomic mass is 9.95. The zero-order valence-electron chi connectivity index (χ0n) is 18.6. The van der Waals surface area contributed by atoms with Crippen LogP contribution < -0.4 is 5.32 Å². The highest BCUT2D eigenvalue weighted by molar-refractivity contribution is 5.99. The Labute approximate surface area is 176 Å². The Hall–Kier alpha value is -2.96. The number of nitrogens with zero attached hydrogens (tertiary/aromatic N) is 1. The van der Waals surface area contributed by atoms with Gasteiger partial charge in [0.2, 0.25) is 11.7 Å². The van der Waals surface area contributed by atoms with Crippen molar-refractivity contribution in [1.29, 1.82) is 0 Å². The van der Waals surface area contributed by atoms with Crippen LogP contribution in [0.25, 0.3) is 5.69 Å². The first-order chi connectivity index (χ1) is 13.8. The van der Waals surface area contributed by atoms with Crippen molar-refractivity contribution in [3.63, 3.8) is 0 Å². The molecule has 162 valence electrons. The summed E-state index contributed by atoms with van der Waals surface area (Å²) in [4.78, 5) is 36.8. The average Bonchev–Trinajstić information content (AvgIpc) is 2.95. The van der Waals surface area contributed by atoms with Crippen LogP contribution in [0.4, 0.5) is 4.39 Å². The lowest BCUT2D eigenvalue weighted by molar-refractivity contribution is -0.147. The minimum atomic E-state index is -0.868. The Bertz CT molecular complexity index is 986. The molecule has 1 N–H and O–H groups in total. The fourth-order valence-electron chi connectivity index (χ4n) is 2.97. The third-order valence-corrected chi connectivity index (χ3v) is 4.87. The summed E-state index contributed by atoms with van der Waals surface area (Å²) in [5.74, 6) is -1.67. The number of ether oxygens (including phenoxy) is 1. The van der Waals surface area contributed by atoms with E-state index in [-0.39, 0.29) is 17.5 Å². The molecule has 6 nitrogen and oxygen atoms in total.